The van der Waals surface area contributed by atoms with E-state index in [2.05, 4.69) is 11.9 Å². The highest BCUT2D eigenvalue weighted by molar-refractivity contribution is 5.76. The maximum Gasteiger partial charge on any atom is 0.155 e. The Morgan fingerprint density at radius 3 is 2.69 bits per heavy atom. The summed E-state index contributed by atoms with van der Waals surface area (Å²) in [5, 5.41) is 2.90. The smallest absolute Gasteiger partial charge is 0.155 e. The van der Waals surface area contributed by atoms with Crippen LogP contribution in [0.25, 0.3) is 0 Å². The molecular weight excluding hydrogens is 170 g/mol. The number of carbonyl (C=O) groups excluding carboxylic acids is 1. The molecular formula is C9H17NO3. The third-order valence-electron chi connectivity index (χ3n) is 1.21. The minimum atomic E-state index is 0.0355. The molecule has 0 spiro atoms. The van der Waals surface area contributed by atoms with Crippen LogP contribution in [0.3, 0.4) is 0 Å². The van der Waals surface area contributed by atoms with E-state index in [1.54, 1.807) is 6.20 Å². The van der Waals surface area contributed by atoms with Gasteiger partial charge in [-0.25, -0.2) is 0 Å². The van der Waals surface area contributed by atoms with Crippen LogP contribution >= 0.6 is 0 Å². The summed E-state index contributed by atoms with van der Waals surface area (Å²) in [7, 11) is 0. The standard InChI is InChI=1S/C9H17NO3/c1-3-10-4-5-12-6-7-13-8-9(2)11/h3,10H,1,4-8H2,2H3. The number of hydrogen-bond donors (Lipinski definition) is 1. The molecule has 0 amide bonds. The van der Waals surface area contributed by atoms with Crippen molar-refractivity contribution in [1.82, 2.24) is 5.32 Å². The Balaban J connectivity index is 2.91. The summed E-state index contributed by atoms with van der Waals surface area (Å²) in [6.45, 7) is 7.52. The minimum Gasteiger partial charge on any atom is -0.389 e. The van der Waals surface area contributed by atoms with Crippen LogP contribution in [0.5, 0.6) is 0 Å². The number of Topliss-reactive ketones (excluding diaryl/α,β-unsaturated/α-hetero) is 1. The molecule has 0 aliphatic heterocycles. The van der Waals surface area contributed by atoms with Crippen LogP contribution in [-0.2, 0) is 14.3 Å². The third kappa shape index (κ3) is 11.1. The quantitative estimate of drug-likeness (QED) is 0.529. The van der Waals surface area contributed by atoms with Crippen LogP contribution < -0.4 is 5.32 Å². The summed E-state index contributed by atoms with van der Waals surface area (Å²) in [6.07, 6.45) is 1.62. The normalized spacial score (nSPS) is 9.62. The minimum absolute atomic E-state index is 0.0355. The van der Waals surface area contributed by atoms with Crippen molar-refractivity contribution in [3.8, 4) is 0 Å². The Morgan fingerprint density at radius 1 is 1.38 bits per heavy atom. The molecule has 0 unspecified atom stereocenters. The Labute approximate surface area is 78.9 Å². The van der Waals surface area contributed by atoms with Crippen molar-refractivity contribution < 1.29 is 14.3 Å². The molecule has 4 nitrogen and oxygen atoms in total. The van der Waals surface area contributed by atoms with Gasteiger partial charge in [0.25, 0.3) is 0 Å². The number of ether oxygens (including phenoxy) is 2. The number of nitrogens with one attached hydrogen (secondary N) is 1. The van der Waals surface area contributed by atoms with Crippen LogP contribution in [0.15, 0.2) is 12.8 Å². The van der Waals surface area contributed by atoms with Gasteiger partial charge in [0.05, 0.1) is 19.8 Å². The van der Waals surface area contributed by atoms with Gasteiger partial charge in [-0.2, -0.15) is 0 Å². The van der Waals surface area contributed by atoms with Crippen LogP contribution in [0.1, 0.15) is 6.92 Å². The van der Waals surface area contributed by atoms with E-state index in [1.807, 2.05) is 0 Å². The van der Waals surface area contributed by atoms with E-state index in [0.717, 1.165) is 6.54 Å². The first-order chi connectivity index (χ1) is 6.27. The molecule has 0 saturated carbocycles. The first-order valence-electron chi connectivity index (χ1n) is 4.26. The van der Waals surface area contributed by atoms with Crippen molar-refractivity contribution in [3.63, 3.8) is 0 Å². The fraction of sp³-hybridized carbons (Fsp3) is 0.667. The first kappa shape index (κ1) is 12.1. The molecule has 1 N–H and O–H groups in total. The van der Waals surface area contributed by atoms with Crippen molar-refractivity contribution in [2.45, 2.75) is 6.92 Å². The summed E-state index contributed by atoms with van der Waals surface area (Å²) in [5.41, 5.74) is 0. The zero-order valence-corrected chi connectivity index (χ0v) is 8.04. The molecule has 0 fully saturated rings. The van der Waals surface area contributed by atoms with E-state index >= 15 is 0 Å². The van der Waals surface area contributed by atoms with Crippen LogP contribution in [0.2, 0.25) is 0 Å². The zero-order chi connectivity index (χ0) is 9.94. The largest absolute Gasteiger partial charge is 0.389 e. The van der Waals surface area contributed by atoms with E-state index in [-0.39, 0.29) is 12.4 Å². The number of hydrogen-bond acceptors (Lipinski definition) is 4. The van der Waals surface area contributed by atoms with Gasteiger partial charge in [0, 0.05) is 6.54 Å². The maximum atomic E-state index is 10.4. The van der Waals surface area contributed by atoms with Gasteiger partial charge in [0.15, 0.2) is 5.78 Å². The summed E-state index contributed by atoms with van der Waals surface area (Å²) in [5.74, 6) is 0.0355. The van der Waals surface area contributed by atoms with E-state index in [0.29, 0.717) is 19.8 Å². The molecule has 0 aromatic rings. The predicted molar refractivity (Wildman–Crippen MR) is 50.5 cm³/mol. The number of carbonyl (C=O) groups is 1. The molecule has 0 aliphatic rings. The average Bonchev–Trinajstić information content (AvgIpc) is 2.09. The molecule has 0 aromatic carbocycles. The predicted octanol–water partition coefficient (Wildman–Crippen LogP) is 0.342. The Bertz CT molecular complexity index is 148. The van der Waals surface area contributed by atoms with Crippen LogP contribution in [0.4, 0.5) is 0 Å². The second-order valence-electron chi connectivity index (χ2n) is 2.53. The van der Waals surface area contributed by atoms with Crippen LogP contribution in [-0.4, -0.2) is 38.8 Å². The van der Waals surface area contributed by atoms with Gasteiger partial charge in [0.1, 0.15) is 6.61 Å². The van der Waals surface area contributed by atoms with Crippen molar-refractivity contribution in [3.05, 3.63) is 12.8 Å². The van der Waals surface area contributed by atoms with Crippen molar-refractivity contribution in [1.29, 1.82) is 0 Å². The lowest BCUT2D eigenvalue weighted by molar-refractivity contribution is -0.121. The van der Waals surface area contributed by atoms with E-state index in [4.69, 9.17) is 9.47 Å². The van der Waals surface area contributed by atoms with Gasteiger partial charge in [-0.05, 0) is 13.1 Å². The maximum absolute atomic E-state index is 10.4. The first-order valence-corrected chi connectivity index (χ1v) is 4.26. The second-order valence-corrected chi connectivity index (χ2v) is 2.53. The lowest BCUT2D eigenvalue weighted by atomic mass is 10.5. The average molecular weight is 187 g/mol. The third-order valence-corrected chi connectivity index (χ3v) is 1.21. The molecule has 0 heterocycles. The van der Waals surface area contributed by atoms with Gasteiger partial charge in [-0.1, -0.05) is 6.58 Å². The van der Waals surface area contributed by atoms with E-state index < -0.39 is 0 Å². The number of ketones is 1. The van der Waals surface area contributed by atoms with Crippen molar-refractivity contribution in [2.75, 3.05) is 33.0 Å². The fourth-order valence-electron chi connectivity index (χ4n) is 0.669. The molecule has 0 rings (SSSR count). The van der Waals surface area contributed by atoms with Gasteiger partial charge in [-0.3, -0.25) is 4.79 Å². The topological polar surface area (TPSA) is 47.6 Å². The molecule has 4 heteroatoms. The van der Waals surface area contributed by atoms with Gasteiger partial charge < -0.3 is 14.8 Å². The van der Waals surface area contributed by atoms with Gasteiger partial charge in [0.2, 0.25) is 0 Å². The second kappa shape index (κ2) is 9.22. The molecule has 0 saturated heterocycles. The SMILES string of the molecule is C=CNCCOCCOCC(C)=O. The molecule has 13 heavy (non-hydrogen) atoms. The summed E-state index contributed by atoms with van der Waals surface area (Å²) in [6, 6.07) is 0. The summed E-state index contributed by atoms with van der Waals surface area (Å²) >= 11 is 0. The lowest BCUT2D eigenvalue weighted by Gasteiger charge is -2.04. The molecule has 0 bridgehead atoms. The van der Waals surface area contributed by atoms with Gasteiger partial charge in [-0.15, -0.1) is 0 Å². The molecule has 0 atom stereocenters. The number of rotatable bonds is 9. The Hall–Kier alpha value is -0.870. The molecule has 0 aliphatic carbocycles. The highest BCUT2D eigenvalue weighted by Gasteiger charge is 1.92. The van der Waals surface area contributed by atoms with E-state index in [9.17, 15) is 4.79 Å². The van der Waals surface area contributed by atoms with Gasteiger partial charge >= 0.3 is 0 Å². The summed E-state index contributed by atoms with van der Waals surface area (Å²) < 4.78 is 10.2. The van der Waals surface area contributed by atoms with Crippen molar-refractivity contribution in [2.24, 2.45) is 0 Å². The van der Waals surface area contributed by atoms with Crippen molar-refractivity contribution >= 4 is 5.78 Å². The lowest BCUT2D eigenvalue weighted by Crippen LogP contribution is -2.16. The Kier molecular flexibility index (Phi) is 8.60. The molecule has 0 radical (unpaired) electrons. The zero-order valence-electron chi connectivity index (χ0n) is 8.04. The highest BCUT2D eigenvalue weighted by Crippen LogP contribution is 1.79. The monoisotopic (exact) mass is 187 g/mol. The molecule has 76 valence electrons. The van der Waals surface area contributed by atoms with Crippen LogP contribution in [0, 0.1) is 0 Å². The van der Waals surface area contributed by atoms with E-state index in [1.165, 1.54) is 6.92 Å². The fourth-order valence-corrected chi connectivity index (χ4v) is 0.669. The highest BCUT2D eigenvalue weighted by atomic mass is 16.5. The Morgan fingerprint density at radius 2 is 2.08 bits per heavy atom. The molecule has 0 aromatic heterocycles. The summed E-state index contributed by atoms with van der Waals surface area (Å²) in [4.78, 5) is 10.4.